The zero-order valence-corrected chi connectivity index (χ0v) is 9.80. The molecule has 84 valence electrons. The first kappa shape index (κ1) is 12.2. The van der Waals surface area contributed by atoms with Crippen LogP contribution in [0.3, 0.4) is 0 Å². The van der Waals surface area contributed by atoms with E-state index in [-0.39, 0.29) is 0 Å². The molecule has 0 unspecified atom stereocenters. The Morgan fingerprint density at radius 3 is 3.00 bits per heavy atom. The van der Waals surface area contributed by atoms with E-state index >= 15 is 0 Å². The van der Waals surface area contributed by atoms with Crippen LogP contribution >= 0.6 is 11.8 Å². The predicted octanol–water partition coefficient (Wildman–Crippen LogP) is 1.20. The molecule has 0 aliphatic heterocycles. The number of aryl methyl sites for hydroxylation is 1. The van der Waals surface area contributed by atoms with Gasteiger partial charge in [0.15, 0.2) is 0 Å². The van der Waals surface area contributed by atoms with Crippen LogP contribution in [-0.4, -0.2) is 29.4 Å². The fourth-order valence-corrected chi connectivity index (χ4v) is 1.93. The van der Waals surface area contributed by atoms with Crippen molar-refractivity contribution in [1.29, 1.82) is 0 Å². The zero-order valence-electron chi connectivity index (χ0n) is 8.99. The molecule has 1 rings (SSSR count). The van der Waals surface area contributed by atoms with E-state index in [0.717, 1.165) is 29.6 Å². The highest BCUT2D eigenvalue weighted by atomic mass is 32.2. The lowest BCUT2D eigenvalue weighted by atomic mass is 10.5. The van der Waals surface area contributed by atoms with Crippen molar-refractivity contribution in [3.63, 3.8) is 0 Å². The Morgan fingerprint density at radius 2 is 2.33 bits per heavy atom. The summed E-state index contributed by atoms with van der Waals surface area (Å²) in [6.45, 7) is 2.62. The fourth-order valence-electron chi connectivity index (χ4n) is 1.07. The molecule has 5 nitrogen and oxygen atoms in total. The third kappa shape index (κ3) is 4.46. The standard InChI is InChI=1S/C9H16N4OS/c1-7-11-8(13-10)6-9(12-7)15-5-3-4-14-2/h6H,3-5,10H2,1-2H3,(H,11,12,13). The number of ether oxygens (including phenoxy) is 1. The first-order valence-corrected chi connectivity index (χ1v) is 5.69. The zero-order chi connectivity index (χ0) is 11.1. The van der Waals surface area contributed by atoms with Crippen LogP contribution in [0.2, 0.25) is 0 Å². The molecule has 6 heteroatoms. The number of anilines is 1. The predicted molar refractivity (Wildman–Crippen MR) is 61.8 cm³/mol. The monoisotopic (exact) mass is 228 g/mol. The number of hydrogen-bond donors (Lipinski definition) is 2. The van der Waals surface area contributed by atoms with Gasteiger partial charge in [0.2, 0.25) is 0 Å². The van der Waals surface area contributed by atoms with E-state index < -0.39 is 0 Å². The molecule has 1 aromatic heterocycles. The first-order chi connectivity index (χ1) is 7.26. The minimum absolute atomic E-state index is 0.650. The van der Waals surface area contributed by atoms with E-state index in [1.54, 1.807) is 18.9 Å². The van der Waals surface area contributed by atoms with E-state index in [0.29, 0.717) is 5.82 Å². The number of nitrogens with zero attached hydrogens (tertiary/aromatic N) is 2. The molecule has 0 atom stereocenters. The third-order valence-electron chi connectivity index (χ3n) is 1.71. The number of methoxy groups -OCH3 is 1. The molecular formula is C9H16N4OS. The van der Waals surface area contributed by atoms with Crippen molar-refractivity contribution < 1.29 is 4.74 Å². The molecule has 3 N–H and O–H groups in total. The average molecular weight is 228 g/mol. The summed E-state index contributed by atoms with van der Waals surface area (Å²) < 4.78 is 4.97. The minimum Gasteiger partial charge on any atom is -0.385 e. The fraction of sp³-hybridized carbons (Fsp3) is 0.556. The van der Waals surface area contributed by atoms with Crippen molar-refractivity contribution in [1.82, 2.24) is 9.97 Å². The number of hydrazine groups is 1. The second kappa shape index (κ2) is 6.60. The quantitative estimate of drug-likeness (QED) is 0.250. The molecule has 1 aromatic rings. The highest BCUT2D eigenvalue weighted by Crippen LogP contribution is 2.18. The highest BCUT2D eigenvalue weighted by Gasteiger charge is 2.01. The van der Waals surface area contributed by atoms with E-state index in [1.165, 1.54) is 0 Å². The largest absolute Gasteiger partial charge is 0.385 e. The van der Waals surface area contributed by atoms with Crippen LogP contribution < -0.4 is 11.3 Å². The van der Waals surface area contributed by atoms with Gasteiger partial charge in [-0.05, 0) is 13.3 Å². The average Bonchev–Trinajstić information content (AvgIpc) is 2.23. The van der Waals surface area contributed by atoms with Gasteiger partial charge in [0.05, 0.1) is 0 Å². The summed E-state index contributed by atoms with van der Waals surface area (Å²) in [4.78, 5) is 8.41. The van der Waals surface area contributed by atoms with Crippen LogP contribution in [0.25, 0.3) is 0 Å². The van der Waals surface area contributed by atoms with Crippen LogP contribution in [-0.2, 0) is 4.74 Å². The molecule has 0 fully saturated rings. The van der Waals surface area contributed by atoms with E-state index in [9.17, 15) is 0 Å². The van der Waals surface area contributed by atoms with Gasteiger partial charge < -0.3 is 10.2 Å². The second-order valence-electron chi connectivity index (χ2n) is 2.98. The molecule has 0 bridgehead atoms. The Labute approximate surface area is 93.8 Å². The van der Waals surface area contributed by atoms with Crippen molar-refractivity contribution in [3.05, 3.63) is 11.9 Å². The lowest BCUT2D eigenvalue weighted by molar-refractivity contribution is 0.200. The van der Waals surface area contributed by atoms with Crippen LogP contribution in [0, 0.1) is 6.92 Å². The van der Waals surface area contributed by atoms with Crippen molar-refractivity contribution in [2.24, 2.45) is 5.84 Å². The van der Waals surface area contributed by atoms with Gasteiger partial charge in [-0.2, -0.15) is 0 Å². The molecule has 0 radical (unpaired) electrons. The van der Waals surface area contributed by atoms with E-state index in [2.05, 4.69) is 15.4 Å². The number of hydrogen-bond acceptors (Lipinski definition) is 6. The summed E-state index contributed by atoms with van der Waals surface area (Å²) >= 11 is 1.68. The smallest absolute Gasteiger partial charge is 0.144 e. The maximum atomic E-state index is 5.29. The lowest BCUT2D eigenvalue weighted by Gasteiger charge is -2.04. The van der Waals surface area contributed by atoms with Gasteiger partial charge in [0.1, 0.15) is 16.7 Å². The summed E-state index contributed by atoms with van der Waals surface area (Å²) in [7, 11) is 1.70. The first-order valence-electron chi connectivity index (χ1n) is 4.70. The molecule has 0 amide bonds. The topological polar surface area (TPSA) is 73.1 Å². The molecular weight excluding hydrogens is 212 g/mol. The molecule has 0 saturated carbocycles. The Bertz CT molecular complexity index is 308. The molecule has 0 saturated heterocycles. The lowest BCUT2D eigenvalue weighted by Crippen LogP contribution is -2.09. The third-order valence-corrected chi connectivity index (χ3v) is 2.70. The molecule has 0 aliphatic carbocycles. The Balaban J connectivity index is 2.49. The number of thioether (sulfide) groups is 1. The van der Waals surface area contributed by atoms with Gasteiger partial charge in [0.25, 0.3) is 0 Å². The number of nitrogens with one attached hydrogen (secondary N) is 1. The van der Waals surface area contributed by atoms with Crippen molar-refractivity contribution in [3.8, 4) is 0 Å². The minimum atomic E-state index is 0.650. The van der Waals surface area contributed by atoms with Crippen LogP contribution in [0.1, 0.15) is 12.2 Å². The summed E-state index contributed by atoms with van der Waals surface area (Å²) in [5, 5.41) is 0.937. The number of rotatable bonds is 6. The molecule has 15 heavy (non-hydrogen) atoms. The summed E-state index contributed by atoms with van der Waals surface area (Å²) in [5.74, 6) is 7.65. The normalized spacial score (nSPS) is 10.3. The molecule has 0 aliphatic rings. The number of aromatic nitrogens is 2. The molecule has 0 aromatic carbocycles. The highest BCUT2D eigenvalue weighted by molar-refractivity contribution is 7.99. The number of nitrogens with two attached hydrogens (primary N) is 1. The summed E-state index contributed by atoms with van der Waals surface area (Å²) in [5.41, 5.74) is 2.52. The van der Waals surface area contributed by atoms with Gasteiger partial charge in [-0.15, -0.1) is 11.8 Å². The molecule has 0 spiro atoms. The Kier molecular flexibility index (Phi) is 5.38. The van der Waals surface area contributed by atoms with E-state index in [1.807, 2.05) is 13.0 Å². The number of nitrogen functional groups attached to an aromatic ring is 1. The van der Waals surface area contributed by atoms with E-state index in [4.69, 9.17) is 10.6 Å². The van der Waals surface area contributed by atoms with Crippen LogP contribution in [0.4, 0.5) is 5.82 Å². The van der Waals surface area contributed by atoms with Crippen LogP contribution in [0.5, 0.6) is 0 Å². The van der Waals surface area contributed by atoms with Crippen LogP contribution in [0.15, 0.2) is 11.1 Å². The SMILES string of the molecule is COCCCSc1cc(NN)nc(C)n1. The maximum Gasteiger partial charge on any atom is 0.144 e. The summed E-state index contributed by atoms with van der Waals surface area (Å²) in [6, 6.07) is 1.84. The Hall–Kier alpha value is -0.850. The van der Waals surface area contributed by atoms with Crippen molar-refractivity contribution in [2.75, 3.05) is 24.9 Å². The second-order valence-corrected chi connectivity index (χ2v) is 4.09. The van der Waals surface area contributed by atoms with Crippen molar-refractivity contribution >= 4 is 17.6 Å². The maximum absolute atomic E-state index is 5.29. The van der Waals surface area contributed by atoms with Gasteiger partial charge >= 0.3 is 0 Å². The van der Waals surface area contributed by atoms with Gasteiger partial charge in [-0.3, -0.25) is 0 Å². The van der Waals surface area contributed by atoms with Crippen molar-refractivity contribution in [2.45, 2.75) is 18.4 Å². The van der Waals surface area contributed by atoms with Gasteiger partial charge in [-0.1, -0.05) is 0 Å². The Morgan fingerprint density at radius 1 is 1.53 bits per heavy atom. The summed E-state index contributed by atoms with van der Waals surface area (Å²) in [6.07, 6.45) is 1.01. The van der Waals surface area contributed by atoms with Gasteiger partial charge in [-0.25, -0.2) is 15.8 Å². The molecule has 1 heterocycles. The van der Waals surface area contributed by atoms with Gasteiger partial charge in [0, 0.05) is 25.5 Å².